The van der Waals surface area contributed by atoms with E-state index in [4.69, 9.17) is 4.74 Å². The number of carbonyl (C=O) groups excluding carboxylic acids is 1. The SMILES string of the molecule is O=C(NCCN1CCOCC1)c1cc2c(s1)-c1ccccc1CC2. The molecule has 1 aromatic heterocycles. The standard InChI is InChI=1S/C19H22N2O2S/c22-19(20-7-8-21-9-11-23-12-10-21)17-13-15-6-5-14-3-1-2-4-16(14)18(15)24-17/h1-4,13H,5-12H2,(H,20,22). The molecule has 126 valence electrons. The number of nitrogens with zero attached hydrogens (tertiary/aromatic N) is 1. The number of rotatable bonds is 4. The largest absolute Gasteiger partial charge is 0.379 e. The lowest BCUT2D eigenvalue weighted by Crippen LogP contribution is -2.41. The van der Waals surface area contributed by atoms with Gasteiger partial charge >= 0.3 is 0 Å². The van der Waals surface area contributed by atoms with Crippen molar-refractivity contribution < 1.29 is 9.53 Å². The molecule has 1 aromatic carbocycles. The maximum absolute atomic E-state index is 12.5. The van der Waals surface area contributed by atoms with Gasteiger partial charge in [0.15, 0.2) is 0 Å². The van der Waals surface area contributed by atoms with Crippen LogP contribution in [-0.4, -0.2) is 50.2 Å². The first-order chi connectivity index (χ1) is 11.8. The summed E-state index contributed by atoms with van der Waals surface area (Å²) in [6.07, 6.45) is 2.10. The van der Waals surface area contributed by atoms with Crippen LogP contribution in [-0.2, 0) is 17.6 Å². The van der Waals surface area contributed by atoms with Gasteiger partial charge in [-0.1, -0.05) is 24.3 Å². The van der Waals surface area contributed by atoms with Crippen LogP contribution in [0.4, 0.5) is 0 Å². The van der Waals surface area contributed by atoms with E-state index in [0.717, 1.165) is 50.6 Å². The van der Waals surface area contributed by atoms with E-state index in [2.05, 4.69) is 40.5 Å². The third-order valence-corrected chi connectivity index (χ3v) is 5.99. The first kappa shape index (κ1) is 15.8. The van der Waals surface area contributed by atoms with Gasteiger partial charge in [0, 0.05) is 31.1 Å². The van der Waals surface area contributed by atoms with Crippen molar-refractivity contribution in [3.05, 3.63) is 46.3 Å². The zero-order chi connectivity index (χ0) is 16.4. The summed E-state index contributed by atoms with van der Waals surface area (Å²) in [5.41, 5.74) is 4.01. The Kier molecular flexibility index (Phi) is 4.65. The van der Waals surface area contributed by atoms with Gasteiger partial charge in [0.1, 0.15) is 0 Å². The second-order valence-electron chi connectivity index (χ2n) is 6.33. The molecular formula is C19H22N2O2S. The summed E-state index contributed by atoms with van der Waals surface area (Å²) in [4.78, 5) is 16.9. The number of fused-ring (bicyclic) bond motifs is 3. The fourth-order valence-corrected chi connectivity index (χ4v) is 4.61. The summed E-state index contributed by atoms with van der Waals surface area (Å²) in [6.45, 7) is 5.09. The smallest absolute Gasteiger partial charge is 0.261 e. The number of aryl methyl sites for hydroxylation is 2. The Hall–Kier alpha value is -1.69. The molecule has 1 saturated heterocycles. The van der Waals surface area contributed by atoms with E-state index in [9.17, 15) is 4.79 Å². The van der Waals surface area contributed by atoms with E-state index < -0.39 is 0 Å². The number of thiophene rings is 1. The predicted molar refractivity (Wildman–Crippen MR) is 96.8 cm³/mol. The highest BCUT2D eigenvalue weighted by Crippen LogP contribution is 2.39. The van der Waals surface area contributed by atoms with Crippen molar-refractivity contribution in [2.75, 3.05) is 39.4 Å². The van der Waals surface area contributed by atoms with Gasteiger partial charge in [0.25, 0.3) is 5.91 Å². The monoisotopic (exact) mass is 342 g/mol. The third-order valence-electron chi connectivity index (χ3n) is 4.78. The second-order valence-corrected chi connectivity index (χ2v) is 7.38. The average Bonchev–Trinajstić information content (AvgIpc) is 3.07. The zero-order valence-corrected chi connectivity index (χ0v) is 14.5. The van der Waals surface area contributed by atoms with Gasteiger partial charge in [-0.05, 0) is 35.6 Å². The molecule has 24 heavy (non-hydrogen) atoms. The molecule has 1 aliphatic carbocycles. The van der Waals surface area contributed by atoms with Gasteiger partial charge in [0.05, 0.1) is 18.1 Å². The Morgan fingerprint density at radius 3 is 2.83 bits per heavy atom. The molecule has 1 N–H and O–H groups in total. The van der Waals surface area contributed by atoms with E-state index in [1.807, 2.05) is 0 Å². The molecular weight excluding hydrogens is 320 g/mol. The molecule has 2 aliphatic rings. The first-order valence-corrected chi connectivity index (χ1v) is 9.42. The van der Waals surface area contributed by atoms with Gasteiger partial charge in [-0.15, -0.1) is 11.3 Å². The molecule has 1 aliphatic heterocycles. The Balaban J connectivity index is 1.40. The average molecular weight is 342 g/mol. The van der Waals surface area contributed by atoms with Crippen molar-refractivity contribution in [1.29, 1.82) is 0 Å². The minimum atomic E-state index is 0.0557. The summed E-state index contributed by atoms with van der Waals surface area (Å²) in [5, 5.41) is 3.07. The number of hydrogen-bond acceptors (Lipinski definition) is 4. The lowest BCUT2D eigenvalue weighted by Gasteiger charge is -2.26. The highest BCUT2D eigenvalue weighted by Gasteiger charge is 2.21. The molecule has 1 fully saturated rings. The van der Waals surface area contributed by atoms with Crippen LogP contribution < -0.4 is 5.32 Å². The Morgan fingerprint density at radius 2 is 1.96 bits per heavy atom. The summed E-state index contributed by atoms with van der Waals surface area (Å²) < 4.78 is 5.34. The van der Waals surface area contributed by atoms with Gasteiger partial charge in [-0.2, -0.15) is 0 Å². The lowest BCUT2D eigenvalue weighted by molar-refractivity contribution is 0.0383. The van der Waals surface area contributed by atoms with Gasteiger partial charge < -0.3 is 10.1 Å². The second kappa shape index (κ2) is 7.05. The van der Waals surface area contributed by atoms with Crippen LogP contribution in [0.1, 0.15) is 20.8 Å². The van der Waals surface area contributed by atoms with E-state index >= 15 is 0 Å². The van der Waals surface area contributed by atoms with E-state index in [-0.39, 0.29) is 5.91 Å². The fraction of sp³-hybridized carbons (Fsp3) is 0.421. The van der Waals surface area contributed by atoms with Gasteiger partial charge in [-0.25, -0.2) is 0 Å². The highest BCUT2D eigenvalue weighted by atomic mass is 32.1. The Bertz CT molecular complexity index is 735. The lowest BCUT2D eigenvalue weighted by atomic mass is 9.91. The minimum Gasteiger partial charge on any atom is -0.379 e. The van der Waals surface area contributed by atoms with Crippen molar-refractivity contribution >= 4 is 17.2 Å². The summed E-state index contributed by atoms with van der Waals surface area (Å²) >= 11 is 1.63. The molecule has 0 radical (unpaired) electrons. The maximum Gasteiger partial charge on any atom is 0.261 e. The summed E-state index contributed by atoms with van der Waals surface area (Å²) in [5.74, 6) is 0.0557. The molecule has 0 unspecified atom stereocenters. The van der Waals surface area contributed by atoms with Crippen molar-refractivity contribution in [1.82, 2.24) is 10.2 Å². The molecule has 4 nitrogen and oxygen atoms in total. The number of nitrogens with one attached hydrogen (secondary N) is 1. The minimum absolute atomic E-state index is 0.0557. The van der Waals surface area contributed by atoms with Crippen molar-refractivity contribution in [2.24, 2.45) is 0 Å². The van der Waals surface area contributed by atoms with Crippen molar-refractivity contribution in [2.45, 2.75) is 12.8 Å². The molecule has 2 aromatic rings. The number of hydrogen-bond donors (Lipinski definition) is 1. The molecule has 0 atom stereocenters. The van der Waals surface area contributed by atoms with Gasteiger partial charge in [-0.3, -0.25) is 9.69 Å². The van der Waals surface area contributed by atoms with Crippen molar-refractivity contribution in [3.8, 4) is 10.4 Å². The van der Waals surface area contributed by atoms with Crippen LogP contribution in [0.3, 0.4) is 0 Å². The van der Waals surface area contributed by atoms with Crippen LogP contribution >= 0.6 is 11.3 Å². The highest BCUT2D eigenvalue weighted by molar-refractivity contribution is 7.17. The Labute approximate surface area is 146 Å². The fourth-order valence-electron chi connectivity index (χ4n) is 3.42. The van der Waals surface area contributed by atoms with E-state index in [1.54, 1.807) is 11.3 Å². The molecule has 0 spiro atoms. The Morgan fingerprint density at radius 1 is 1.17 bits per heavy atom. The zero-order valence-electron chi connectivity index (χ0n) is 13.7. The van der Waals surface area contributed by atoms with E-state index in [1.165, 1.54) is 21.6 Å². The molecule has 0 bridgehead atoms. The predicted octanol–water partition coefficient (Wildman–Crippen LogP) is 2.58. The summed E-state index contributed by atoms with van der Waals surface area (Å²) in [6, 6.07) is 10.6. The summed E-state index contributed by atoms with van der Waals surface area (Å²) in [7, 11) is 0. The topological polar surface area (TPSA) is 41.6 Å². The number of benzene rings is 1. The molecule has 0 saturated carbocycles. The quantitative estimate of drug-likeness (QED) is 0.928. The van der Waals surface area contributed by atoms with Crippen molar-refractivity contribution in [3.63, 3.8) is 0 Å². The van der Waals surface area contributed by atoms with E-state index in [0.29, 0.717) is 6.54 Å². The number of amides is 1. The maximum atomic E-state index is 12.5. The molecule has 5 heteroatoms. The van der Waals surface area contributed by atoms with Crippen LogP contribution in [0.2, 0.25) is 0 Å². The van der Waals surface area contributed by atoms with Crippen LogP contribution in [0, 0.1) is 0 Å². The normalized spacial score (nSPS) is 17.2. The van der Waals surface area contributed by atoms with Crippen LogP contribution in [0.15, 0.2) is 30.3 Å². The third kappa shape index (κ3) is 3.24. The number of ether oxygens (including phenoxy) is 1. The molecule has 4 rings (SSSR count). The molecule has 1 amide bonds. The van der Waals surface area contributed by atoms with Crippen LogP contribution in [0.5, 0.6) is 0 Å². The molecule has 2 heterocycles. The number of carbonyl (C=O) groups is 1. The van der Waals surface area contributed by atoms with Crippen LogP contribution in [0.25, 0.3) is 10.4 Å². The number of morpholine rings is 1. The van der Waals surface area contributed by atoms with Gasteiger partial charge in [0.2, 0.25) is 0 Å². The first-order valence-electron chi connectivity index (χ1n) is 8.60.